The lowest BCUT2D eigenvalue weighted by molar-refractivity contribution is 0.129. The largest absolute Gasteiger partial charge is 0.393 e. The number of hydrogen-bond acceptors (Lipinski definition) is 3. The van der Waals surface area contributed by atoms with Gasteiger partial charge in [0.2, 0.25) is 0 Å². The number of aliphatic hydroxyl groups excluding tert-OH is 1. The summed E-state index contributed by atoms with van der Waals surface area (Å²) in [6.07, 6.45) is 7.15. The molecule has 3 heteroatoms. The molecule has 94 valence electrons. The number of aliphatic hydroxyl groups is 1. The van der Waals surface area contributed by atoms with Crippen LogP contribution in [0.5, 0.6) is 0 Å². The van der Waals surface area contributed by atoms with Gasteiger partial charge in [-0.2, -0.15) is 0 Å². The Morgan fingerprint density at radius 2 is 2.24 bits per heavy atom. The number of hydrogen-bond donors (Lipinski definition) is 2. The summed E-state index contributed by atoms with van der Waals surface area (Å²) >= 11 is 1.90. The van der Waals surface area contributed by atoms with Gasteiger partial charge in [0.05, 0.1) is 6.10 Å². The first-order valence-corrected chi connectivity index (χ1v) is 7.70. The molecule has 17 heavy (non-hydrogen) atoms. The smallest absolute Gasteiger partial charge is 0.0580 e. The monoisotopic (exact) mass is 251 g/mol. The molecule has 3 rings (SSSR count). The van der Waals surface area contributed by atoms with Crippen molar-refractivity contribution in [1.82, 2.24) is 5.32 Å². The maximum atomic E-state index is 9.84. The first-order chi connectivity index (χ1) is 8.34. The lowest BCUT2D eigenvalue weighted by Gasteiger charge is -2.26. The van der Waals surface area contributed by atoms with Gasteiger partial charge in [-0.3, -0.25) is 0 Å². The van der Waals surface area contributed by atoms with E-state index < -0.39 is 0 Å². The molecule has 2 N–H and O–H groups in total. The molecule has 0 aliphatic heterocycles. The normalized spacial score (nSPS) is 32.6. The number of rotatable bonds is 3. The Balaban J connectivity index is 1.60. The summed E-state index contributed by atoms with van der Waals surface area (Å²) in [5, 5.41) is 15.7. The van der Waals surface area contributed by atoms with Gasteiger partial charge >= 0.3 is 0 Å². The molecule has 0 radical (unpaired) electrons. The average molecular weight is 251 g/mol. The second kappa shape index (κ2) is 5.09. The van der Waals surface area contributed by atoms with E-state index in [2.05, 4.69) is 16.8 Å². The van der Waals surface area contributed by atoms with Crippen molar-refractivity contribution in [2.24, 2.45) is 5.92 Å². The van der Waals surface area contributed by atoms with E-state index in [9.17, 15) is 5.11 Å². The fourth-order valence-electron chi connectivity index (χ4n) is 3.25. The van der Waals surface area contributed by atoms with Crippen molar-refractivity contribution in [3.63, 3.8) is 0 Å². The van der Waals surface area contributed by atoms with Gasteiger partial charge in [-0.1, -0.05) is 6.42 Å². The van der Waals surface area contributed by atoms with Crippen molar-refractivity contribution in [1.29, 1.82) is 0 Å². The summed E-state index contributed by atoms with van der Waals surface area (Å²) in [5.41, 5.74) is 1.52. The van der Waals surface area contributed by atoms with E-state index in [1.54, 1.807) is 4.88 Å². The Labute approximate surface area is 107 Å². The minimum Gasteiger partial charge on any atom is -0.393 e. The molecule has 2 aliphatic carbocycles. The van der Waals surface area contributed by atoms with E-state index in [4.69, 9.17) is 0 Å². The van der Waals surface area contributed by atoms with Gasteiger partial charge in [0.25, 0.3) is 0 Å². The van der Waals surface area contributed by atoms with Crippen LogP contribution >= 0.6 is 11.3 Å². The van der Waals surface area contributed by atoms with Crippen molar-refractivity contribution in [2.75, 3.05) is 6.54 Å². The number of fused-ring (bicyclic) bond motifs is 1. The van der Waals surface area contributed by atoms with Crippen LogP contribution in [0.15, 0.2) is 11.4 Å². The molecule has 0 bridgehead atoms. The van der Waals surface area contributed by atoms with Crippen LogP contribution < -0.4 is 5.32 Å². The standard InChI is InChI=1S/C14H21NOS/c16-13-5-1-3-10(13)9-15-12-4-2-6-14-11(12)7-8-17-14/h7-8,10,12-13,15-16H,1-6,9H2. The molecule has 1 aromatic heterocycles. The maximum Gasteiger partial charge on any atom is 0.0580 e. The van der Waals surface area contributed by atoms with Crippen LogP contribution in [0.1, 0.15) is 48.6 Å². The van der Waals surface area contributed by atoms with E-state index >= 15 is 0 Å². The van der Waals surface area contributed by atoms with Gasteiger partial charge in [0.15, 0.2) is 0 Å². The summed E-state index contributed by atoms with van der Waals surface area (Å²) < 4.78 is 0. The van der Waals surface area contributed by atoms with Crippen LogP contribution in [0.2, 0.25) is 0 Å². The topological polar surface area (TPSA) is 32.3 Å². The summed E-state index contributed by atoms with van der Waals surface area (Å²) in [5.74, 6) is 0.485. The third kappa shape index (κ3) is 2.42. The third-order valence-electron chi connectivity index (χ3n) is 4.30. The maximum absolute atomic E-state index is 9.84. The molecule has 0 spiro atoms. The predicted molar refractivity (Wildman–Crippen MR) is 71.3 cm³/mol. The third-order valence-corrected chi connectivity index (χ3v) is 5.29. The first kappa shape index (κ1) is 11.7. The molecule has 2 aliphatic rings. The van der Waals surface area contributed by atoms with Crippen LogP contribution in [0.4, 0.5) is 0 Å². The molecular weight excluding hydrogens is 230 g/mol. The van der Waals surface area contributed by atoms with Gasteiger partial charge in [-0.15, -0.1) is 11.3 Å². The highest BCUT2D eigenvalue weighted by molar-refractivity contribution is 7.10. The van der Waals surface area contributed by atoms with Gasteiger partial charge in [0.1, 0.15) is 0 Å². The van der Waals surface area contributed by atoms with Crippen molar-refractivity contribution < 1.29 is 5.11 Å². The van der Waals surface area contributed by atoms with Gasteiger partial charge in [-0.05, 0) is 55.0 Å². The molecule has 1 aromatic rings. The fourth-order valence-corrected chi connectivity index (χ4v) is 4.23. The zero-order chi connectivity index (χ0) is 11.7. The Morgan fingerprint density at radius 3 is 3.06 bits per heavy atom. The lowest BCUT2D eigenvalue weighted by Crippen LogP contribution is -2.32. The van der Waals surface area contributed by atoms with Crippen LogP contribution in [-0.4, -0.2) is 17.8 Å². The number of thiophene rings is 1. The molecule has 1 heterocycles. The minimum absolute atomic E-state index is 0.0620. The van der Waals surface area contributed by atoms with Gasteiger partial charge in [-0.25, -0.2) is 0 Å². The zero-order valence-corrected chi connectivity index (χ0v) is 11.0. The molecule has 1 saturated carbocycles. The molecular formula is C14H21NOS. The first-order valence-electron chi connectivity index (χ1n) is 6.82. The van der Waals surface area contributed by atoms with Crippen molar-refractivity contribution in [3.05, 3.63) is 21.9 Å². The van der Waals surface area contributed by atoms with E-state index in [-0.39, 0.29) is 6.10 Å². The number of nitrogens with one attached hydrogen (secondary N) is 1. The Hall–Kier alpha value is -0.380. The quantitative estimate of drug-likeness (QED) is 0.866. The Morgan fingerprint density at radius 1 is 1.29 bits per heavy atom. The van der Waals surface area contributed by atoms with Gasteiger partial charge < -0.3 is 10.4 Å². The number of aryl methyl sites for hydroxylation is 1. The lowest BCUT2D eigenvalue weighted by atomic mass is 9.93. The van der Waals surface area contributed by atoms with Crippen LogP contribution in [0.3, 0.4) is 0 Å². The van der Waals surface area contributed by atoms with Crippen molar-refractivity contribution in [2.45, 2.75) is 50.7 Å². The molecule has 3 unspecified atom stereocenters. The van der Waals surface area contributed by atoms with E-state index in [1.807, 2.05) is 11.3 Å². The van der Waals surface area contributed by atoms with E-state index in [0.717, 1.165) is 13.0 Å². The SMILES string of the molecule is OC1CCCC1CNC1CCCc2sccc21. The van der Waals surface area contributed by atoms with Crippen molar-refractivity contribution in [3.8, 4) is 0 Å². The molecule has 0 amide bonds. The second-order valence-corrected chi connectivity index (χ2v) is 6.41. The molecule has 0 saturated heterocycles. The highest BCUT2D eigenvalue weighted by Crippen LogP contribution is 2.34. The Bertz CT molecular complexity index is 376. The Kier molecular flexibility index (Phi) is 3.50. The van der Waals surface area contributed by atoms with Crippen LogP contribution in [-0.2, 0) is 6.42 Å². The summed E-state index contributed by atoms with van der Waals surface area (Å²) in [6, 6.07) is 2.82. The van der Waals surface area contributed by atoms with Crippen molar-refractivity contribution >= 4 is 11.3 Å². The summed E-state index contributed by atoms with van der Waals surface area (Å²) in [4.78, 5) is 1.57. The van der Waals surface area contributed by atoms with E-state index in [1.165, 1.54) is 37.7 Å². The minimum atomic E-state index is -0.0620. The molecule has 3 atom stereocenters. The molecule has 0 aromatic carbocycles. The molecule has 1 fully saturated rings. The van der Waals surface area contributed by atoms with Gasteiger partial charge in [0, 0.05) is 17.5 Å². The second-order valence-electron chi connectivity index (χ2n) is 5.41. The van der Waals surface area contributed by atoms with Crippen LogP contribution in [0, 0.1) is 5.92 Å². The van der Waals surface area contributed by atoms with E-state index in [0.29, 0.717) is 12.0 Å². The highest BCUT2D eigenvalue weighted by atomic mass is 32.1. The average Bonchev–Trinajstić information content (AvgIpc) is 2.95. The predicted octanol–water partition coefficient (Wildman–Crippen LogP) is 2.88. The zero-order valence-electron chi connectivity index (χ0n) is 10.2. The highest BCUT2D eigenvalue weighted by Gasteiger charge is 2.27. The molecule has 2 nitrogen and oxygen atoms in total. The fraction of sp³-hybridized carbons (Fsp3) is 0.714. The summed E-state index contributed by atoms with van der Waals surface area (Å²) in [6.45, 7) is 0.987. The summed E-state index contributed by atoms with van der Waals surface area (Å²) in [7, 11) is 0. The van der Waals surface area contributed by atoms with Crippen LogP contribution in [0.25, 0.3) is 0 Å².